The number of nitrogens with zero attached hydrogens (tertiary/aromatic N) is 2. The molecule has 0 bridgehead atoms. The molecular formula is C14H25N3O2. The molecule has 1 N–H and O–H groups in total. The van der Waals surface area contributed by atoms with Crippen LogP contribution in [0.5, 0.6) is 0 Å². The quantitative estimate of drug-likeness (QED) is 0.780. The molecule has 108 valence electrons. The topological polar surface area (TPSA) is 65.4 Å². The number of amides is 1. The summed E-state index contributed by atoms with van der Waals surface area (Å²) in [5.41, 5.74) is -0.931. The van der Waals surface area contributed by atoms with Gasteiger partial charge in [-0.15, -0.1) is 0 Å². The summed E-state index contributed by atoms with van der Waals surface area (Å²) in [6.07, 6.45) is 2.19. The van der Waals surface area contributed by atoms with E-state index in [4.69, 9.17) is 10.00 Å². The highest BCUT2D eigenvalue weighted by atomic mass is 16.5. The molecule has 19 heavy (non-hydrogen) atoms. The first-order valence-corrected chi connectivity index (χ1v) is 6.90. The molecule has 0 aromatic carbocycles. The SMILES string of the molecule is COCCN1CCC(CNC(=O)C(C)(C)C#N)CC1. The fourth-order valence-electron chi connectivity index (χ4n) is 2.14. The Morgan fingerprint density at radius 2 is 2.11 bits per heavy atom. The van der Waals surface area contributed by atoms with Gasteiger partial charge in [-0.1, -0.05) is 0 Å². The Hall–Kier alpha value is -1.12. The molecule has 0 aromatic rings. The molecule has 1 rings (SSSR count). The fraction of sp³-hybridized carbons (Fsp3) is 0.857. The minimum atomic E-state index is -0.931. The lowest BCUT2D eigenvalue weighted by molar-refractivity contribution is -0.127. The van der Waals surface area contributed by atoms with Gasteiger partial charge in [-0.25, -0.2) is 0 Å². The molecule has 1 heterocycles. The van der Waals surface area contributed by atoms with Crippen LogP contribution < -0.4 is 5.32 Å². The molecule has 1 aliphatic heterocycles. The van der Waals surface area contributed by atoms with Crippen LogP contribution in [0.3, 0.4) is 0 Å². The number of hydrogen-bond donors (Lipinski definition) is 1. The van der Waals surface area contributed by atoms with Gasteiger partial charge in [0.25, 0.3) is 0 Å². The number of likely N-dealkylation sites (tertiary alicyclic amines) is 1. The first kappa shape index (κ1) is 15.9. The normalized spacial score (nSPS) is 18.0. The highest BCUT2D eigenvalue weighted by molar-refractivity contribution is 5.84. The van der Waals surface area contributed by atoms with Crippen LogP contribution in [-0.2, 0) is 9.53 Å². The number of ether oxygens (including phenoxy) is 1. The maximum Gasteiger partial charge on any atom is 0.239 e. The number of nitriles is 1. The number of carbonyl (C=O) groups is 1. The largest absolute Gasteiger partial charge is 0.383 e. The molecule has 0 unspecified atom stereocenters. The minimum absolute atomic E-state index is 0.170. The molecule has 0 saturated carbocycles. The number of hydrogen-bond acceptors (Lipinski definition) is 4. The lowest BCUT2D eigenvalue weighted by Gasteiger charge is -2.32. The smallest absolute Gasteiger partial charge is 0.239 e. The summed E-state index contributed by atoms with van der Waals surface area (Å²) >= 11 is 0. The molecule has 0 spiro atoms. The molecule has 1 aliphatic rings. The molecule has 1 fully saturated rings. The Bertz CT molecular complexity index is 328. The summed E-state index contributed by atoms with van der Waals surface area (Å²) in [5, 5.41) is 11.8. The van der Waals surface area contributed by atoms with Crippen molar-refractivity contribution in [3.05, 3.63) is 0 Å². The van der Waals surface area contributed by atoms with E-state index < -0.39 is 5.41 Å². The summed E-state index contributed by atoms with van der Waals surface area (Å²) in [4.78, 5) is 14.2. The first-order chi connectivity index (χ1) is 8.99. The summed E-state index contributed by atoms with van der Waals surface area (Å²) < 4.78 is 5.07. The minimum Gasteiger partial charge on any atom is -0.383 e. The second-order valence-corrected chi connectivity index (χ2v) is 5.72. The van der Waals surface area contributed by atoms with Crippen LogP contribution in [0.2, 0.25) is 0 Å². The number of methoxy groups -OCH3 is 1. The monoisotopic (exact) mass is 267 g/mol. The Morgan fingerprint density at radius 3 is 2.63 bits per heavy atom. The second kappa shape index (κ2) is 7.46. The van der Waals surface area contributed by atoms with E-state index in [1.54, 1.807) is 21.0 Å². The predicted molar refractivity (Wildman–Crippen MR) is 73.4 cm³/mol. The van der Waals surface area contributed by atoms with Crippen molar-refractivity contribution in [2.24, 2.45) is 11.3 Å². The van der Waals surface area contributed by atoms with Crippen LogP contribution in [0.15, 0.2) is 0 Å². The second-order valence-electron chi connectivity index (χ2n) is 5.72. The van der Waals surface area contributed by atoms with E-state index in [0.29, 0.717) is 12.5 Å². The third kappa shape index (κ3) is 5.17. The van der Waals surface area contributed by atoms with E-state index in [1.165, 1.54) is 0 Å². The average molecular weight is 267 g/mol. The van der Waals surface area contributed by atoms with E-state index in [1.807, 2.05) is 6.07 Å². The molecular weight excluding hydrogens is 242 g/mol. The third-order valence-electron chi connectivity index (χ3n) is 3.72. The molecule has 0 aromatic heterocycles. The number of carbonyl (C=O) groups excluding carboxylic acids is 1. The molecule has 0 atom stereocenters. The molecule has 5 heteroatoms. The van der Waals surface area contributed by atoms with Crippen LogP contribution in [0.25, 0.3) is 0 Å². The Labute approximate surface area is 115 Å². The standard InChI is InChI=1S/C14H25N3O2/c1-14(2,11-15)13(18)16-10-12-4-6-17(7-5-12)8-9-19-3/h12H,4-10H2,1-3H3,(H,16,18). The molecule has 1 amide bonds. The Kier molecular flexibility index (Phi) is 6.26. The van der Waals surface area contributed by atoms with Crippen LogP contribution in [0.4, 0.5) is 0 Å². The van der Waals surface area contributed by atoms with E-state index >= 15 is 0 Å². The van der Waals surface area contributed by atoms with Crippen LogP contribution >= 0.6 is 0 Å². The van der Waals surface area contributed by atoms with E-state index in [2.05, 4.69) is 10.2 Å². The van der Waals surface area contributed by atoms with Crippen LogP contribution in [0.1, 0.15) is 26.7 Å². The van der Waals surface area contributed by atoms with Gasteiger partial charge in [0.2, 0.25) is 5.91 Å². The van der Waals surface area contributed by atoms with Crippen molar-refractivity contribution in [1.29, 1.82) is 5.26 Å². The van der Waals surface area contributed by atoms with Crippen LogP contribution in [0, 0.1) is 22.7 Å². The van der Waals surface area contributed by atoms with Gasteiger partial charge >= 0.3 is 0 Å². The van der Waals surface area contributed by atoms with E-state index in [9.17, 15) is 4.79 Å². The van der Waals surface area contributed by atoms with Crippen LogP contribution in [-0.4, -0.2) is 50.7 Å². The zero-order valence-corrected chi connectivity index (χ0v) is 12.2. The third-order valence-corrected chi connectivity index (χ3v) is 3.72. The lowest BCUT2D eigenvalue weighted by atomic mass is 9.93. The maximum absolute atomic E-state index is 11.8. The van der Waals surface area contributed by atoms with Gasteiger partial charge in [0.05, 0.1) is 12.7 Å². The zero-order valence-electron chi connectivity index (χ0n) is 12.2. The van der Waals surface area contributed by atoms with Crippen molar-refractivity contribution in [3.63, 3.8) is 0 Å². The van der Waals surface area contributed by atoms with Gasteiger partial charge < -0.3 is 15.0 Å². The lowest BCUT2D eigenvalue weighted by Crippen LogP contribution is -2.42. The number of nitrogens with one attached hydrogen (secondary N) is 1. The van der Waals surface area contributed by atoms with Crippen molar-refractivity contribution in [3.8, 4) is 6.07 Å². The van der Waals surface area contributed by atoms with Crippen molar-refractivity contribution in [2.75, 3.05) is 39.9 Å². The highest BCUT2D eigenvalue weighted by Crippen LogP contribution is 2.17. The van der Waals surface area contributed by atoms with Gasteiger partial charge in [0, 0.05) is 20.2 Å². The highest BCUT2D eigenvalue weighted by Gasteiger charge is 2.28. The first-order valence-electron chi connectivity index (χ1n) is 6.90. The van der Waals surface area contributed by atoms with E-state index in [-0.39, 0.29) is 5.91 Å². The number of piperidine rings is 1. The van der Waals surface area contributed by atoms with E-state index in [0.717, 1.165) is 39.1 Å². The number of rotatable bonds is 6. The summed E-state index contributed by atoms with van der Waals surface area (Å²) in [6.45, 7) is 7.86. The zero-order chi connectivity index (χ0) is 14.3. The van der Waals surface area contributed by atoms with Gasteiger partial charge in [-0.05, 0) is 45.7 Å². The van der Waals surface area contributed by atoms with Gasteiger partial charge in [0.15, 0.2) is 0 Å². The van der Waals surface area contributed by atoms with Crippen molar-refractivity contribution in [1.82, 2.24) is 10.2 Å². The van der Waals surface area contributed by atoms with Gasteiger partial charge in [0.1, 0.15) is 5.41 Å². The van der Waals surface area contributed by atoms with Crippen molar-refractivity contribution >= 4 is 5.91 Å². The molecule has 1 saturated heterocycles. The average Bonchev–Trinajstić information content (AvgIpc) is 2.43. The van der Waals surface area contributed by atoms with Gasteiger partial charge in [-0.3, -0.25) is 4.79 Å². The molecule has 5 nitrogen and oxygen atoms in total. The Morgan fingerprint density at radius 1 is 1.47 bits per heavy atom. The predicted octanol–water partition coefficient (Wildman–Crippen LogP) is 1.01. The fourth-order valence-corrected chi connectivity index (χ4v) is 2.14. The van der Waals surface area contributed by atoms with Crippen molar-refractivity contribution < 1.29 is 9.53 Å². The van der Waals surface area contributed by atoms with Crippen molar-refractivity contribution in [2.45, 2.75) is 26.7 Å². The molecule has 0 radical (unpaired) electrons. The molecule has 0 aliphatic carbocycles. The van der Waals surface area contributed by atoms with Gasteiger partial charge in [-0.2, -0.15) is 5.26 Å². The summed E-state index contributed by atoms with van der Waals surface area (Å²) in [7, 11) is 1.72. The summed E-state index contributed by atoms with van der Waals surface area (Å²) in [6, 6.07) is 2.02. The summed E-state index contributed by atoms with van der Waals surface area (Å²) in [5.74, 6) is 0.356. The Balaban J connectivity index is 2.23. The maximum atomic E-state index is 11.8.